The SMILES string of the molecule is CC(=O)N1CCN(c2cc(C(C)(C)C)nc(C(C)(C)C)n2)CC1. The number of nitrogens with zero attached hydrogens (tertiary/aromatic N) is 4. The van der Waals surface area contributed by atoms with Gasteiger partial charge in [0.15, 0.2) is 0 Å². The molecule has 1 aromatic heterocycles. The van der Waals surface area contributed by atoms with Crippen molar-refractivity contribution in [2.75, 3.05) is 31.1 Å². The quantitative estimate of drug-likeness (QED) is 0.799. The molecule has 2 heterocycles. The number of rotatable bonds is 1. The zero-order chi connectivity index (χ0) is 17.4. The standard InChI is InChI=1S/C18H30N4O/c1-13(23)21-8-10-22(11-9-21)15-12-14(17(2,3)4)19-16(20-15)18(5,6)7/h12H,8-11H2,1-7H3. The summed E-state index contributed by atoms with van der Waals surface area (Å²) < 4.78 is 0. The van der Waals surface area contributed by atoms with Gasteiger partial charge in [0.1, 0.15) is 11.6 Å². The predicted octanol–water partition coefficient (Wildman–Crippen LogP) is 2.74. The van der Waals surface area contributed by atoms with Crippen LogP contribution >= 0.6 is 0 Å². The summed E-state index contributed by atoms with van der Waals surface area (Å²) in [6, 6.07) is 2.11. The highest BCUT2D eigenvalue weighted by Gasteiger charge is 2.26. The van der Waals surface area contributed by atoms with E-state index in [0.29, 0.717) is 0 Å². The molecule has 128 valence electrons. The van der Waals surface area contributed by atoms with Gasteiger partial charge in [0.25, 0.3) is 0 Å². The van der Waals surface area contributed by atoms with Crippen LogP contribution in [0.15, 0.2) is 6.07 Å². The van der Waals surface area contributed by atoms with Crippen molar-refractivity contribution < 1.29 is 4.79 Å². The Morgan fingerprint density at radius 2 is 1.52 bits per heavy atom. The molecule has 5 heteroatoms. The molecule has 0 N–H and O–H groups in total. The number of piperazine rings is 1. The van der Waals surface area contributed by atoms with Gasteiger partial charge in [-0.2, -0.15) is 0 Å². The Labute approximate surface area is 140 Å². The van der Waals surface area contributed by atoms with Crippen LogP contribution in [0, 0.1) is 0 Å². The summed E-state index contributed by atoms with van der Waals surface area (Å²) in [5, 5.41) is 0. The van der Waals surface area contributed by atoms with Gasteiger partial charge in [-0.1, -0.05) is 41.5 Å². The van der Waals surface area contributed by atoms with Gasteiger partial charge >= 0.3 is 0 Å². The van der Waals surface area contributed by atoms with Gasteiger partial charge in [-0.25, -0.2) is 9.97 Å². The number of carbonyl (C=O) groups is 1. The maximum atomic E-state index is 11.5. The van der Waals surface area contributed by atoms with E-state index >= 15 is 0 Å². The van der Waals surface area contributed by atoms with Crippen molar-refractivity contribution >= 4 is 11.7 Å². The zero-order valence-electron chi connectivity index (χ0n) is 15.6. The molecule has 1 aliphatic heterocycles. The number of carbonyl (C=O) groups excluding carboxylic acids is 1. The van der Waals surface area contributed by atoms with Crippen LogP contribution in [0.4, 0.5) is 5.82 Å². The van der Waals surface area contributed by atoms with Crippen molar-refractivity contribution in [1.82, 2.24) is 14.9 Å². The zero-order valence-corrected chi connectivity index (χ0v) is 15.6. The van der Waals surface area contributed by atoms with Crippen LogP contribution < -0.4 is 4.90 Å². The topological polar surface area (TPSA) is 49.3 Å². The average Bonchev–Trinajstić information content (AvgIpc) is 2.45. The van der Waals surface area contributed by atoms with Gasteiger partial charge in [-0.05, 0) is 0 Å². The first kappa shape index (κ1) is 17.7. The number of amides is 1. The first-order valence-electron chi connectivity index (χ1n) is 8.39. The van der Waals surface area contributed by atoms with Gasteiger partial charge in [0.2, 0.25) is 5.91 Å². The Kier molecular flexibility index (Phi) is 4.69. The smallest absolute Gasteiger partial charge is 0.219 e. The Hall–Kier alpha value is -1.65. The van der Waals surface area contributed by atoms with Crippen LogP contribution in [-0.2, 0) is 15.6 Å². The number of anilines is 1. The van der Waals surface area contributed by atoms with Crippen molar-refractivity contribution in [2.24, 2.45) is 0 Å². The largest absolute Gasteiger partial charge is 0.353 e. The monoisotopic (exact) mass is 318 g/mol. The summed E-state index contributed by atoms with van der Waals surface area (Å²) in [5.41, 5.74) is 0.970. The highest BCUT2D eigenvalue weighted by molar-refractivity contribution is 5.73. The minimum atomic E-state index is -0.0861. The highest BCUT2D eigenvalue weighted by Crippen LogP contribution is 2.28. The van der Waals surface area contributed by atoms with E-state index in [0.717, 1.165) is 43.5 Å². The van der Waals surface area contributed by atoms with Crippen LogP contribution in [0.3, 0.4) is 0 Å². The molecule has 0 bridgehead atoms. The molecule has 0 atom stereocenters. The fourth-order valence-electron chi connectivity index (χ4n) is 2.57. The van der Waals surface area contributed by atoms with E-state index in [2.05, 4.69) is 52.5 Å². The molecule has 1 fully saturated rings. The summed E-state index contributed by atoms with van der Waals surface area (Å²) in [4.78, 5) is 25.3. The Morgan fingerprint density at radius 3 is 1.96 bits per heavy atom. The molecule has 0 aliphatic carbocycles. The third kappa shape index (κ3) is 4.21. The summed E-state index contributed by atoms with van der Waals surface area (Å²) in [6.07, 6.45) is 0. The summed E-state index contributed by atoms with van der Waals surface area (Å²) in [6.45, 7) is 17.8. The van der Waals surface area contributed by atoms with Crippen molar-refractivity contribution in [2.45, 2.75) is 59.3 Å². The van der Waals surface area contributed by atoms with Crippen molar-refractivity contribution in [3.63, 3.8) is 0 Å². The van der Waals surface area contributed by atoms with Crippen LogP contribution in [0.2, 0.25) is 0 Å². The molecular formula is C18H30N4O. The second-order valence-corrected chi connectivity index (χ2v) is 8.43. The fraction of sp³-hybridized carbons (Fsp3) is 0.722. The van der Waals surface area contributed by atoms with E-state index in [4.69, 9.17) is 9.97 Å². The van der Waals surface area contributed by atoms with Crippen LogP contribution in [0.5, 0.6) is 0 Å². The lowest BCUT2D eigenvalue weighted by atomic mass is 9.90. The maximum Gasteiger partial charge on any atom is 0.219 e. The van der Waals surface area contributed by atoms with Crippen molar-refractivity contribution in [1.29, 1.82) is 0 Å². The predicted molar refractivity (Wildman–Crippen MR) is 93.9 cm³/mol. The molecule has 2 rings (SSSR count). The first-order valence-corrected chi connectivity index (χ1v) is 8.39. The minimum Gasteiger partial charge on any atom is -0.353 e. The molecular weight excluding hydrogens is 288 g/mol. The maximum absolute atomic E-state index is 11.5. The molecule has 1 amide bonds. The Morgan fingerprint density at radius 1 is 0.957 bits per heavy atom. The van der Waals surface area contributed by atoms with E-state index in [9.17, 15) is 4.79 Å². The molecule has 0 saturated carbocycles. The van der Waals surface area contributed by atoms with Crippen LogP contribution in [-0.4, -0.2) is 47.0 Å². The van der Waals surface area contributed by atoms with Crippen LogP contribution in [0.25, 0.3) is 0 Å². The van der Waals surface area contributed by atoms with E-state index in [1.54, 1.807) is 6.92 Å². The van der Waals surface area contributed by atoms with Crippen molar-refractivity contribution in [3.8, 4) is 0 Å². The first-order chi connectivity index (χ1) is 10.5. The van der Waals surface area contributed by atoms with Gasteiger partial charge in [-0.3, -0.25) is 4.79 Å². The number of hydrogen-bond donors (Lipinski definition) is 0. The summed E-state index contributed by atoms with van der Waals surface area (Å²) in [5.74, 6) is 2.02. The number of aromatic nitrogens is 2. The molecule has 0 aromatic carbocycles. The third-order valence-corrected chi connectivity index (χ3v) is 4.20. The van der Waals surface area contributed by atoms with E-state index in [1.165, 1.54) is 0 Å². The molecule has 0 radical (unpaired) electrons. The molecule has 1 saturated heterocycles. The Bertz CT molecular complexity index is 543. The Balaban J connectivity index is 2.33. The fourth-order valence-corrected chi connectivity index (χ4v) is 2.57. The van der Waals surface area contributed by atoms with E-state index in [-0.39, 0.29) is 16.7 Å². The van der Waals surface area contributed by atoms with Gasteiger partial charge in [0.05, 0.1) is 5.69 Å². The molecule has 23 heavy (non-hydrogen) atoms. The van der Waals surface area contributed by atoms with E-state index in [1.807, 2.05) is 4.90 Å². The normalized spacial score (nSPS) is 16.7. The van der Waals surface area contributed by atoms with Gasteiger partial charge in [0, 0.05) is 50.0 Å². The summed E-state index contributed by atoms with van der Waals surface area (Å²) in [7, 11) is 0. The third-order valence-electron chi connectivity index (χ3n) is 4.20. The van der Waals surface area contributed by atoms with Gasteiger partial charge in [-0.15, -0.1) is 0 Å². The average molecular weight is 318 g/mol. The molecule has 0 spiro atoms. The lowest BCUT2D eigenvalue weighted by Crippen LogP contribution is -2.48. The lowest BCUT2D eigenvalue weighted by molar-refractivity contribution is -0.129. The lowest BCUT2D eigenvalue weighted by Gasteiger charge is -2.36. The molecule has 5 nitrogen and oxygen atoms in total. The van der Waals surface area contributed by atoms with Crippen molar-refractivity contribution in [3.05, 3.63) is 17.6 Å². The molecule has 1 aromatic rings. The second kappa shape index (κ2) is 6.10. The number of hydrogen-bond acceptors (Lipinski definition) is 4. The summed E-state index contributed by atoms with van der Waals surface area (Å²) >= 11 is 0. The minimum absolute atomic E-state index is 0.0150. The van der Waals surface area contributed by atoms with Gasteiger partial charge < -0.3 is 9.80 Å². The molecule has 0 unspecified atom stereocenters. The van der Waals surface area contributed by atoms with Crippen LogP contribution in [0.1, 0.15) is 60.0 Å². The second-order valence-electron chi connectivity index (χ2n) is 8.43. The molecule has 1 aliphatic rings. The highest BCUT2D eigenvalue weighted by atomic mass is 16.2. The van der Waals surface area contributed by atoms with E-state index < -0.39 is 0 Å².